The summed E-state index contributed by atoms with van der Waals surface area (Å²) in [5, 5.41) is 0. The van der Waals surface area contributed by atoms with Gasteiger partial charge in [-0.2, -0.15) is 0 Å². The number of pyridine rings is 1. The third-order valence-corrected chi connectivity index (χ3v) is 4.16. The highest BCUT2D eigenvalue weighted by atomic mass is 35.5. The van der Waals surface area contributed by atoms with Gasteiger partial charge in [0.05, 0.1) is 0 Å². The number of alkyl halides is 1. The van der Waals surface area contributed by atoms with E-state index < -0.39 is 0 Å². The first-order chi connectivity index (χ1) is 9.78. The number of aryl methyl sites for hydroxylation is 2. The van der Waals surface area contributed by atoms with Gasteiger partial charge in [0, 0.05) is 31.1 Å². The van der Waals surface area contributed by atoms with Crippen LogP contribution in [0.1, 0.15) is 24.4 Å². The van der Waals surface area contributed by atoms with Gasteiger partial charge >= 0.3 is 0 Å². The van der Waals surface area contributed by atoms with Crippen molar-refractivity contribution in [3.63, 3.8) is 0 Å². The summed E-state index contributed by atoms with van der Waals surface area (Å²) in [6.45, 7) is 6.52. The lowest BCUT2D eigenvalue weighted by molar-refractivity contribution is 0.322. The van der Waals surface area contributed by atoms with E-state index in [2.05, 4.69) is 25.5 Å². The highest BCUT2D eigenvalue weighted by Gasteiger charge is 2.15. The zero-order valence-corrected chi connectivity index (χ0v) is 12.7. The van der Waals surface area contributed by atoms with Crippen LogP contribution in [-0.4, -0.2) is 44.9 Å². The molecule has 0 unspecified atom stereocenters. The number of fused-ring (bicyclic) bond motifs is 1. The van der Waals surface area contributed by atoms with Gasteiger partial charge in [0.15, 0.2) is 5.65 Å². The lowest BCUT2D eigenvalue weighted by Gasteiger charge is -2.16. The number of hydrogen-bond acceptors (Lipinski definition) is 3. The Labute approximate surface area is 124 Å². The molecule has 20 heavy (non-hydrogen) atoms. The molecule has 3 rings (SSSR count). The van der Waals surface area contributed by atoms with Gasteiger partial charge in [-0.25, -0.2) is 9.97 Å². The van der Waals surface area contributed by atoms with Crippen molar-refractivity contribution in [2.75, 3.05) is 25.5 Å². The number of halogens is 1. The van der Waals surface area contributed by atoms with Crippen molar-refractivity contribution >= 4 is 22.8 Å². The fourth-order valence-corrected chi connectivity index (χ4v) is 3.07. The van der Waals surface area contributed by atoms with Crippen LogP contribution in [0.25, 0.3) is 11.2 Å². The van der Waals surface area contributed by atoms with Gasteiger partial charge in [-0.1, -0.05) is 0 Å². The monoisotopic (exact) mass is 292 g/mol. The van der Waals surface area contributed by atoms with Gasteiger partial charge in [-0.15, -0.1) is 11.6 Å². The van der Waals surface area contributed by atoms with E-state index >= 15 is 0 Å². The van der Waals surface area contributed by atoms with Gasteiger partial charge in [0.25, 0.3) is 0 Å². The number of aromatic nitrogens is 3. The van der Waals surface area contributed by atoms with Gasteiger partial charge in [0.2, 0.25) is 0 Å². The molecule has 3 heterocycles. The molecule has 0 atom stereocenters. The molecule has 0 saturated carbocycles. The quantitative estimate of drug-likeness (QED) is 0.795. The average Bonchev–Trinajstić information content (AvgIpc) is 3.04. The summed E-state index contributed by atoms with van der Waals surface area (Å²) in [5.41, 5.74) is 3.03. The molecule has 0 aliphatic carbocycles. The van der Waals surface area contributed by atoms with Crippen molar-refractivity contribution in [2.45, 2.75) is 32.7 Å². The Kier molecular flexibility index (Phi) is 4.22. The Morgan fingerprint density at radius 3 is 2.70 bits per heavy atom. The first-order valence-electron chi connectivity index (χ1n) is 7.39. The van der Waals surface area contributed by atoms with Crippen molar-refractivity contribution in [3.8, 4) is 0 Å². The Hall–Kier alpha value is -1.13. The van der Waals surface area contributed by atoms with Crippen molar-refractivity contribution in [3.05, 3.63) is 23.7 Å². The van der Waals surface area contributed by atoms with Crippen molar-refractivity contribution in [1.29, 1.82) is 0 Å². The van der Waals surface area contributed by atoms with E-state index in [9.17, 15) is 0 Å². The largest absolute Gasteiger partial charge is 0.311 e. The summed E-state index contributed by atoms with van der Waals surface area (Å²) in [4.78, 5) is 11.9. The molecule has 0 amide bonds. The number of likely N-dealkylation sites (tertiary alicyclic amines) is 1. The summed E-state index contributed by atoms with van der Waals surface area (Å²) < 4.78 is 2.25. The van der Waals surface area contributed by atoms with E-state index in [-0.39, 0.29) is 0 Å². The van der Waals surface area contributed by atoms with Crippen LogP contribution >= 0.6 is 11.6 Å². The van der Waals surface area contributed by atoms with Crippen LogP contribution in [0.15, 0.2) is 12.1 Å². The molecule has 0 N–H and O–H groups in total. The molecule has 4 nitrogen and oxygen atoms in total. The normalized spacial score (nSPS) is 16.3. The second-order valence-electron chi connectivity index (χ2n) is 5.46. The third-order valence-electron chi connectivity index (χ3n) is 3.97. The number of nitrogens with zero attached hydrogens (tertiary/aromatic N) is 4. The highest BCUT2D eigenvalue weighted by Crippen LogP contribution is 2.17. The predicted molar refractivity (Wildman–Crippen MR) is 82.4 cm³/mol. The van der Waals surface area contributed by atoms with E-state index in [1.807, 2.05) is 13.0 Å². The minimum atomic E-state index is 0.603. The SMILES string of the molecule is Cc1ccc2nc(CCCl)n(CCN3CCCC3)c2n1. The second kappa shape index (κ2) is 6.10. The van der Waals surface area contributed by atoms with Gasteiger partial charge in [-0.3, -0.25) is 0 Å². The van der Waals surface area contributed by atoms with Gasteiger partial charge < -0.3 is 9.47 Å². The van der Waals surface area contributed by atoms with Crippen LogP contribution in [0.4, 0.5) is 0 Å². The Balaban J connectivity index is 1.88. The molecule has 108 valence electrons. The van der Waals surface area contributed by atoms with E-state index in [1.165, 1.54) is 25.9 Å². The smallest absolute Gasteiger partial charge is 0.160 e. The van der Waals surface area contributed by atoms with E-state index in [4.69, 9.17) is 11.6 Å². The lowest BCUT2D eigenvalue weighted by atomic mass is 10.3. The fraction of sp³-hybridized carbons (Fsp3) is 0.600. The third kappa shape index (κ3) is 2.81. The van der Waals surface area contributed by atoms with Crippen LogP contribution in [0.2, 0.25) is 0 Å². The Morgan fingerprint density at radius 2 is 1.95 bits per heavy atom. The zero-order chi connectivity index (χ0) is 13.9. The maximum Gasteiger partial charge on any atom is 0.160 e. The highest BCUT2D eigenvalue weighted by molar-refractivity contribution is 6.17. The molecule has 1 aliphatic heterocycles. The number of rotatable bonds is 5. The van der Waals surface area contributed by atoms with Crippen molar-refractivity contribution in [2.24, 2.45) is 0 Å². The first kappa shape index (κ1) is 13.8. The molecule has 0 radical (unpaired) electrons. The van der Waals surface area contributed by atoms with E-state index in [0.717, 1.165) is 42.2 Å². The maximum absolute atomic E-state index is 5.91. The topological polar surface area (TPSA) is 34.0 Å². The van der Waals surface area contributed by atoms with Gasteiger partial charge in [-0.05, 0) is 45.0 Å². The Bertz CT molecular complexity index is 587. The van der Waals surface area contributed by atoms with Crippen molar-refractivity contribution < 1.29 is 0 Å². The maximum atomic E-state index is 5.91. The fourth-order valence-electron chi connectivity index (χ4n) is 2.90. The predicted octanol–water partition coefficient (Wildman–Crippen LogP) is 2.62. The van der Waals surface area contributed by atoms with Crippen LogP contribution in [0, 0.1) is 6.92 Å². The number of imidazole rings is 1. The molecular weight excluding hydrogens is 272 g/mol. The molecule has 0 aromatic carbocycles. The minimum Gasteiger partial charge on any atom is -0.311 e. The molecular formula is C15H21ClN4. The van der Waals surface area contributed by atoms with Gasteiger partial charge in [0.1, 0.15) is 11.3 Å². The molecule has 1 saturated heterocycles. The molecule has 2 aromatic rings. The van der Waals surface area contributed by atoms with Crippen LogP contribution in [-0.2, 0) is 13.0 Å². The van der Waals surface area contributed by atoms with Crippen molar-refractivity contribution in [1.82, 2.24) is 19.4 Å². The molecule has 0 spiro atoms. The molecule has 1 aliphatic rings. The minimum absolute atomic E-state index is 0.603. The van der Waals surface area contributed by atoms with E-state index in [0.29, 0.717) is 5.88 Å². The van der Waals surface area contributed by atoms with Crippen LogP contribution in [0.3, 0.4) is 0 Å². The second-order valence-corrected chi connectivity index (χ2v) is 5.84. The van der Waals surface area contributed by atoms with Crippen LogP contribution < -0.4 is 0 Å². The average molecular weight is 293 g/mol. The van der Waals surface area contributed by atoms with E-state index in [1.54, 1.807) is 0 Å². The summed E-state index contributed by atoms with van der Waals surface area (Å²) in [6, 6.07) is 4.08. The standard InChI is InChI=1S/C15H21ClN4/c1-12-4-5-13-15(17-12)20(14(18-13)6-7-16)11-10-19-8-2-3-9-19/h4-5H,2-3,6-11H2,1H3. The number of hydrogen-bond donors (Lipinski definition) is 0. The summed E-state index contributed by atoms with van der Waals surface area (Å²) in [6.07, 6.45) is 3.46. The molecule has 0 bridgehead atoms. The Morgan fingerprint density at radius 1 is 1.15 bits per heavy atom. The molecule has 5 heteroatoms. The van der Waals surface area contributed by atoms with Crippen LogP contribution in [0.5, 0.6) is 0 Å². The summed E-state index contributed by atoms with van der Waals surface area (Å²) in [5.74, 6) is 1.67. The lowest BCUT2D eigenvalue weighted by Crippen LogP contribution is -2.25. The molecule has 1 fully saturated rings. The molecule has 2 aromatic heterocycles. The summed E-state index contributed by atoms with van der Waals surface area (Å²) >= 11 is 5.91. The summed E-state index contributed by atoms with van der Waals surface area (Å²) in [7, 11) is 0. The first-order valence-corrected chi connectivity index (χ1v) is 7.92. The zero-order valence-electron chi connectivity index (χ0n) is 12.0.